The van der Waals surface area contributed by atoms with Gasteiger partial charge < -0.3 is 0 Å². The molecule has 3 fully saturated rings. The Morgan fingerprint density at radius 2 is 1.03 bits per heavy atom. The zero-order chi connectivity index (χ0) is 20.5. The topological polar surface area (TPSA) is 88.3 Å². The summed E-state index contributed by atoms with van der Waals surface area (Å²) in [6.07, 6.45) is 19.5. The fourth-order valence-corrected chi connectivity index (χ4v) is 6.08. The molecule has 0 aromatic heterocycles. The van der Waals surface area contributed by atoms with E-state index in [2.05, 4.69) is 15.0 Å². The van der Waals surface area contributed by atoms with Gasteiger partial charge in [0.2, 0.25) is 18.2 Å². The van der Waals surface area contributed by atoms with Gasteiger partial charge in [0.15, 0.2) is 0 Å². The Kier molecular flexibility index (Phi) is 8.55. The zero-order valence-electron chi connectivity index (χ0n) is 17.3. The van der Waals surface area contributed by atoms with Gasteiger partial charge in [0.05, 0.1) is 18.1 Å². The summed E-state index contributed by atoms with van der Waals surface area (Å²) >= 11 is 0. The van der Waals surface area contributed by atoms with E-state index in [1.54, 1.807) is 12.2 Å². The zero-order valence-corrected chi connectivity index (χ0v) is 17.3. The lowest BCUT2D eigenvalue weighted by molar-refractivity contribution is 0.157. The average Bonchev–Trinajstić information content (AvgIpc) is 2.73. The Bertz CT molecular complexity index is 661. The van der Waals surface area contributed by atoms with Gasteiger partial charge in [0.25, 0.3) is 0 Å². The van der Waals surface area contributed by atoms with Crippen molar-refractivity contribution in [3.05, 3.63) is 0 Å². The first-order chi connectivity index (χ1) is 14.2. The largest absolute Gasteiger partial charge is 0.235 e. The molecule has 0 amide bonds. The molecule has 3 aliphatic carbocycles. The number of carbonyl (C=O) groups excluding carboxylic acids is 3. The van der Waals surface area contributed by atoms with Gasteiger partial charge >= 0.3 is 0 Å². The van der Waals surface area contributed by atoms with Crippen molar-refractivity contribution in [3.8, 4) is 0 Å². The maximum absolute atomic E-state index is 11.0. The Morgan fingerprint density at radius 3 is 1.55 bits per heavy atom. The molecule has 0 bridgehead atoms. The van der Waals surface area contributed by atoms with Crippen molar-refractivity contribution >= 4 is 18.2 Å². The molecule has 29 heavy (non-hydrogen) atoms. The van der Waals surface area contributed by atoms with Crippen LogP contribution in [0.15, 0.2) is 15.0 Å². The number of hydrogen-bond donors (Lipinski definition) is 0. The summed E-state index contributed by atoms with van der Waals surface area (Å²) in [6.45, 7) is 0. The molecule has 6 heteroatoms. The SMILES string of the molecule is O=C=NC1CCC(CC2CCC(CC3CCC(N=C=O)CC3)C(N=C=O)C2)CC1. The van der Waals surface area contributed by atoms with Gasteiger partial charge in [0, 0.05) is 0 Å². The van der Waals surface area contributed by atoms with Gasteiger partial charge in [-0.25, -0.2) is 29.4 Å². The van der Waals surface area contributed by atoms with Crippen LogP contribution in [0.2, 0.25) is 0 Å². The minimum atomic E-state index is 0.118. The summed E-state index contributed by atoms with van der Waals surface area (Å²) in [5.74, 6) is 2.50. The van der Waals surface area contributed by atoms with E-state index in [4.69, 9.17) is 0 Å². The highest BCUT2D eigenvalue weighted by molar-refractivity contribution is 5.34. The Morgan fingerprint density at radius 1 is 0.552 bits per heavy atom. The second-order valence-corrected chi connectivity index (χ2v) is 9.49. The molecule has 3 saturated carbocycles. The predicted molar refractivity (Wildman–Crippen MR) is 110 cm³/mol. The van der Waals surface area contributed by atoms with Crippen molar-refractivity contribution in [3.63, 3.8) is 0 Å². The lowest BCUT2D eigenvalue weighted by Gasteiger charge is -2.38. The molecule has 0 N–H and O–H groups in total. The third-order valence-electron chi connectivity index (χ3n) is 7.69. The first-order valence-corrected chi connectivity index (χ1v) is 11.4. The van der Waals surface area contributed by atoms with Crippen LogP contribution in [0.1, 0.15) is 83.5 Å². The van der Waals surface area contributed by atoms with E-state index in [9.17, 15) is 14.4 Å². The van der Waals surface area contributed by atoms with Crippen LogP contribution in [0.4, 0.5) is 0 Å². The van der Waals surface area contributed by atoms with Crippen molar-refractivity contribution in [1.82, 2.24) is 0 Å². The Labute approximate surface area is 173 Å². The van der Waals surface area contributed by atoms with Gasteiger partial charge in [-0.2, -0.15) is 0 Å². The standard InChI is InChI=1S/C23H33N3O3/c27-14-24-21-7-2-17(3-8-21)11-19-1-6-20(23(13-19)26-16-29)12-18-4-9-22(10-5-18)25-15-28/h17-23H,1-13H2. The molecule has 0 aliphatic heterocycles. The second-order valence-electron chi connectivity index (χ2n) is 9.49. The third-order valence-corrected chi connectivity index (χ3v) is 7.69. The first kappa shape index (κ1) is 21.8. The summed E-state index contributed by atoms with van der Waals surface area (Å²) in [7, 11) is 0. The van der Waals surface area contributed by atoms with Crippen molar-refractivity contribution in [1.29, 1.82) is 0 Å². The lowest BCUT2D eigenvalue weighted by Crippen LogP contribution is -2.32. The summed E-state index contributed by atoms with van der Waals surface area (Å²) in [5, 5.41) is 0. The van der Waals surface area contributed by atoms with Crippen LogP contribution < -0.4 is 0 Å². The maximum Gasteiger partial charge on any atom is 0.235 e. The predicted octanol–water partition coefficient (Wildman–Crippen LogP) is 4.68. The van der Waals surface area contributed by atoms with E-state index < -0.39 is 0 Å². The molecular formula is C23H33N3O3. The molecular weight excluding hydrogens is 366 g/mol. The van der Waals surface area contributed by atoms with Gasteiger partial charge in [-0.05, 0) is 101 Å². The van der Waals surface area contributed by atoms with E-state index in [0.717, 1.165) is 70.6 Å². The van der Waals surface area contributed by atoms with Crippen molar-refractivity contribution in [2.45, 2.75) is 102 Å². The monoisotopic (exact) mass is 399 g/mol. The van der Waals surface area contributed by atoms with Gasteiger partial charge in [0.1, 0.15) is 0 Å². The highest BCUT2D eigenvalue weighted by atomic mass is 16.1. The molecule has 158 valence electrons. The molecule has 3 rings (SSSR count). The second kappa shape index (κ2) is 11.4. The minimum absolute atomic E-state index is 0.118. The molecule has 0 heterocycles. The van der Waals surface area contributed by atoms with Crippen LogP contribution in [0.5, 0.6) is 0 Å². The summed E-state index contributed by atoms with van der Waals surface area (Å²) < 4.78 is 0. The average molecular weight is 400 g/mol. The van der Waals surface area contributed by atoms with Crippen molar-refractivity contribution in [2.75, 3.05) is 0 Å². The molecule has 6 nitrogen and oxygen atoms in total. The number of nitrogens with zero attached hydrogens (tertiary/aromatic N) is 3. The summed E-state index contributed by atoms with van der Waals surface area (Å²) in [4.78, 5) is 43.9. The number of isocyanates is 3. The molecule has 0 aromatic carbocycles. The van der Waals surface area contributed by atoms with Crippen LogP contribution in [-0.2, 0) is 14.4 Å². The number of hydrogen-bond acceptors (Lipinski definition) is 6. The molecule has 0 saturated heterocycles. The third kappa shape index (κ3) is 6.57. The smallest absolute Gasteiger partial charge is 0.211 e. The van der Waals surface area contributed by atoms with Crippen LogP contribution in [0, 0.1) is 23.7 Å². The minimum Gasteiger partial charge on any atom is -0.211 e. The fourth-order valence-electron chi connectivity index (χ4n) is 6.08. The van der Waals surface area contributed by atoms with Crippen LogP contribution >= 0.6 is 0 Å². The molecule has 0 aromatic rings. The van der Waals surface area contributed by atoms with E-state index in [0.29, 0.717) is 23.7 Å². The number of aliphatic imine (C=N–C) groups is 3. The van der Waals surface area contributed by atoms with E-state index in [1.165, 1.54) is 12.8 Å². The highest BCUT2D eigenvalue weighted by Crippen LogP contribution is 2.42. The van der Waals surface area contributed by atoms with Crippen molar-refractivity contribution in [2.24, 2.45) is 38.6 Å². The van der Waals surface area contributed by atoms with E-state index >= 15 is 0 Å². The molecule has 3 aliphatic rings. The normalized spacial score (nSPS) is 37.4. The fraction of sp³-hybridized carbons (Fsp3) is 0.870. The van der Waals surface area contributed by atoms with E-state index in [1.807, 2.05) is 6.08 Å². The van der Waals surface area contributed by atoms with Gasteiger partial charge in [-0.15, -0.1) is 0 Å². The summed E-state index contributed by atoms with van der Waals surface area (Å²) in [5.41, 5.74) is 0. The number of rotatable bonds is 7. The quantitative estimate of drug-likeness (QED) is 0.460. The summed E-state index contributed by atoms with van der Waals surface area (Å²) in [6, 6.07) is 0.461. The molecule has 0 spiro atoms. The van der Waals surface area contributed by atoms with Gasteiger partial charge in [-0.1, -0.05) is 6.42 Å². The molecule has 3 atom stereocenters. The Balaban J connectivity index is 1.46. The van der Waals surface area contributed by atoms with Crippen LogP contribution in [0.3, 0.4) is 0 Å². The Hall–Kier alpha value is -1.86. The van der Waals surface area contributed by atoms with Crippen molar-refractivity contribution < 1.29 is 14.4 Å². The molecule has 0 radical (unpaired) electrons. The first-order valence-electron chi connectivity index (χ1n) is 11.4. The van der Waals surface area contributed by atoms with E-state index in [-0.39, 0.29) is 18.1 Å². The lowest BCUT2D eigenvalue weighted by atomic mass is 9.69. The van der Waals surface area contributed by atoms with Gasteiger partial charge in [-0.3, -0.25) is 0 Å². The highest BCUT2D eigenvalue weighted by Gasteiger charge is 2.34. The van der Waals surface area contributed by atoms with Crippen LogP contribution in [0.25, 0.3) is 0 Å². The van der Waals surface area contributed by atoms with Crippen LogP contribution in [-0.4, -0.2) is 36.4 Å². The molecule has 3 unspecified atom stereocenters. The maximum atomic E-state index is 11.0.